The molecule has 0 aliphatic carbocycles. The minimum absolute atomic E-state index is 0.0834. The largest absolute Gasteiger partial charge is 0.422 e. The van der Waals surface area contributed by atoms with Gasteiger partial charge in [-0.2, -0.15) is 8.42 Å². The number of carbonyl (C=O) groups excluding carboxylic acids is 1. The molecule has 0 aliphatic heterocycles. The molecule has 1 aromatic carbocycles. The van der Waals surface area contributed by atoms with E-state index in [4.69, 9.17) is 10.2 Å². The van der Waals surface area contributed by atoms with Crippen LogP contribution in [0.1, 0.15) is 24.5 Å². The van der Waals surface area contributed by atoms with Crippen molar-refractivity contribution in [3.63, 3.8) is 0 Å². The van der Waals surface area contributed by atoms with Crippen LogP contribution in [0.5, 0.6) is 0 Å². The van der Waals surface area contributed by atoms with Gasteiger partial charge in [0, 0.05) is 18.0 Å². The normalized spacial score (nSPS) is 11.6. The van der Waals surface area contributed by atoms with Crippen LogP contribution in [-0.4, -0.2) is 25.4 Å². The van der Waals surface area contributed by atoms with Crippen LogP contribution in [0.2, 0.25) is 0 Å². The first-order valence-corrected chi connectivity index (χ1v) is 8.69. The van der Waals surface area contributed by atoms with Gasteiger partial charge in [0.25, 0.3) is 10.1 Å². The third-order valence-corrected chi connectivity index (χ3v) is 4.51. The summed E-state index contributed by atoms with van der Waals surface area (Å²) >= 11 is 0. The molecule has 0 unspecified atom stereocenters. The highest BCUT2D eigenvalue weighted by atomic mass is 32.2. The fourth-order valence-electron chi connectivity index (χ4n) is 2.35. The number of benzene rings is 1. The second-order valence-electron chi connectivity index (χ2n) is 5.38. The van der Waals surface area contributed by atoms with Crippen molar-refractivity contribution in [1.82, 2.24) is 5.32 Å². The van der Waals surface area contributed by atoms with Gasteiger partial charge in [-0.3, -0.25) is 9.35 Å². The van der Waals surface area contributed by atoms with Crippen molar-refractivity contribution in [3.8, 4) is 0 Å². The Morgan fingerprint density at radius 1 is 1.38 bits per heavy atom. The third-order valence-electron chi connectivity index (χ3n) is 3.61. The van der Waals surface area contributed by atoms with Crippen molar-refractivity contribution in [3.05, 3.63) is 33.7 Å². The molecule has 130 valence electrons. The number of hydrogen-bond donors (Lipinski definition) is 3. The smallest absolute Gasteiger partial charge is 0.340 e. The van der Waals surface area contributed by atoms with Gasteiger partial charge in [-0.15, -0.1) is 0 Å². The van der Waals surface area contributed by atoms with Crippen LogP contribution in [0, 0.1) is 6.92 Å². The lowest BCUT2D eigenvalue weighted by atomic mass is 10.0. The van der Waals surface area contributed by atoms with Gasteiger partial charge in [0.15, 0.2) is 0 Å². The van der Waals surface area contributed by atoms with Crippen LogP contribution in [0.25, 0.3) is 11.0 Å². The van der Waals surface area contributed by atoms with Gasteiger partial charge in [0.2, 0.25) is 5.91 Å². The third kappa shape index (κ3) is 3.57. The summed E-state index contributed by atoms with van der Waals surface area (Å²) < 4.78 is 37.1. The van der Waals surface area contributed by atoms with Gasteiger partial charge < -0.3 is 15.5 Å². The SMILES string of the molecule is CCCNC(=O)Cc1c(C)c2cc(S(=O)(=O)O)c(N)cc2oc1=O. The van der Waals surface area contributed by atoms with Crippen molar-refractivity contribution in [2.24, 2.45) is 0 Å². The Morgan fingerprint density at radius 3 is 2.62 bits per heavy atom. The Kier molecular flexibility index (Phi) is 4.95. The summed E-state index contributed by atoms with van der Waals surface area (Å²) in [5.41, 5.74) is 5.27. The molecule has 0 saturated heterocycles. The second kappa shape index (κ2) is 6.62. The standard InChI is InChI=1S/C15H18N2O6S/c1-3-4-17-14(18)6-10-8(2)9-5-13(24(20,21)22)11(16)7-12(9)23-15(10)19/h5,7H,3-4,6,16H2,1-2H3,(H,17,18)(H,20,21,22). The molecule has 9 heteroatoms. The zero-order valence-electron chi connectivity index (χ0n) is 13.3. The van der Waals surface area contributed by atoms with E-state index >= 15 is 0 Å². The Labute approximate surface area is 138 Å². The zero-order valence-corrected chi connectivity index (χ0v) is 14.1. The topological polar surface area (TPSA) is 140 Å². The van der Waals surface area contributed by atoms with Crippen LogP contribution in [0.3, 0.4) is 0 Å². The molecule has 1 heterocycles. The van der Waals surface area contributed by atoms with Crippen LogP contribution in [0.15, 0.2) is 26.2 Å². The van der Waals surface area contributed by atoms with Gasteiger partial charge in [0.05, 0.1) is 17.7 Å². The van der Waals surface area contributed by atoms with Gasteiger partial charge in [-0.05, 0) is 25.0 Å². The van der Waals surface area contributed by atoms with E-state index in [0.717, 1.165) is 18.6 Å². The van der Waals surface area contributed by atoms with Gasteiger partial charge in [-0.1, -0.05) is 6.92 Å². The Balaban J connectivity index is 2.61. The molecule has 1 amide bonds. The summed E-state index contributed by atoms with van der Waals surface area (Å²) in [6.07, 6.45) is 0.573. The molecule has 2 aromatic rings. The number of fused-ring (bicyclic) bond motifs is 1. The lowest BCUT2D eigenvalue weighted by molar-refractivity contribution is -0.120. The van der Waals surface area contributed by atoms with Crippen molar-refractivity contribution in [1.29, 1.82) is 0 Å². The Bertz CT molecular complexity index is 962. The summed E-state index contributed by atoms with van der Waals surface area (Å²) in [6, 6.07) is 2.29. The molecule has 1 aromatic heterocycles. The number of aryl methyl sites for hydroxylation is 1. The first-order chi connectivity index (χ1) is 11.1. The van der Waals surface area contributed by atoms with E-state index in [1.807, 2.05) is 6.92 Å². The maximum atomic E-state index is 12.1. The second-order valence-corrected chi connectivity index (χ2v) is 6.77. The minimum Gasteiger partial charge on any atom is -0.422 e. The molecule has 0 aliphatic rings. The first kappa shape index (κ1) is 18.0. The number of rotatable bonds is 5. The van der Waals surface area contributed by atoms with Gasteiger partial charge in [0.1, 0.15) is 10.5 Å². The van der Waals surface area contributed by atoms with E-state index in [9.17, 15) is 22.6 Å². The molecule has 0 fully saturated rings. The monoisotopic (exact) mass is 354 g/mol. The molecule has 0 spiro atoms. The lowest BCUT2D eigenvalue weighted by Crippen LogP contribution is -2.28. The van der Waals surface area contributed by atoms with Crippen LogP contribution < -0.4 is 16.7 Å². The average molecular weight is 354 g/mol. The molecule has 4 N–H and O–H groups in total. The van der Waals surface area contributed by atoms with E-state index in [1.165, 1.54) is 0 Å². The highest BCUT2D eigenvalue weighted by Gasteiger charge is 2.20. The summed E-state index contributed by atoms with van der Waals surface area (Å²) in [7, 11) is -4.52. The number of amides is 1. The molecule has 0 bridgehead atoms. The van der Waals surface area contributed by atoms with Crippen molar-refractivity contribution < 1.29 is 22.2 Å². The van der Waals surface area contributed by atoms with Gasteiger partial charge in [-0.25, -0.2) is 4.79 Å². The highest BCUT2D eigenvalue weighted by Crippen LogP contribution is 2.28. The van der Waals surface area contributed by atoms with Crippen molar-refractivity contribution in [2.45, 2.75) is 31.6 Å². The van der Waals surface area contributed by atoms with Gasteiger partial charge >= 0.3 is 5.63 Å². The number of hydrogen-bond acceptors (Lipinski definition) is 6. The van der Waals surface area contributed by atoms with E-state index in [2.05, 4.69) is 5.32 Å². The fraction of sp³-hybridized carbons (Fsp3) is 0.333. The van der Waals surface area contributed by atoms with Crippen LogP contribution >= 0.6 is 0 Å². The molecule has 8 nitrogen and oxygen atoms in total. The fourth-order valence-corrected chi connectivity index (χ4v) is 2.97. The number of nitrogen functional groups attached to an aromatic ring is 1. The summed E-state index contributed by atoms with van der Waals surface area (Å²) in [5, 5.41) is 2.94. The number of nitrogens with two attached hydrogens (primary N) is 1. The Hall–Kier alpha value is -2.39. The highest BCUT2D eigenvalue weighted by molar-refractivity contribution is 7.86. The molecule has 24 heavy (non-hydrogen) atoms. The van der Waals surface area contributed by atoms with E-state index in [-0.39, 0.29) is 34.5 Å². The van der Waals surface area contributed by atoms with Crippen LogP contribution in [-0.2, 0) is 21.3 Å². The Morgan fingerprint density at radius 2 is 2.04 bits per heavy atom. The quantitative estimate of drug-likeness (QED) is 0.413. The maximum absolute atomic E-state index is 12.1. The van der Waals surface area contributed by atoms with Crippen molar-refractivity contribution >= 4 is 32.7 Å². The number of nitrogens with one attached hydrogen (secondary N) is 1. The first-order valence-electron chi connectivity index (χ1n) is 7.25. The van der Waals surface area contributed by atoms with E-state index in [0.29, 0.717) is 12.1 Å². The molecular formula is C15H18N2O6S. The van der Waals surface area contributed by atoms with Crippen LogP contribution in [0.4, 0.5) is 5.69 Å². The minimum atomic E-state index is -4.52. The number of anilines is 1. The molecule has 2 rings (SSSR count). The lowest BCUT2D eigenvalue weighted by Gasteiger charge is -2.10. The molecule has 0 atom stereocenters. The molecule has 0 radical (unpaired) electrons. The predicted molar refractivity (Wildman–Crippen MR) is 88.5 cm³/mol. The molecule has 0 saturated carbocycles. The maximum Gasteiger partial charge on any atom is 0.340 e. The van der Waals surface area contributed by atoms with E-state index in [1.54, 1.807) is 6.92 Å². The van der Waals surface area contributed by atoms with E-state index < -0.39 is 20.6 Å². The zero-order chi connectivity index (χ0) is 18.1. The predicted octanol–water partition coefficient (Wildman–Crippen LogP) is 0.999. The summed E-state index contributed by atoms with van der Waals surface area (Å²) in [6.45, 7) is 3.96. The van der Waals surface area contributed by atoms with Crippen molar-refractivity contribution in [2.75, 3.05) is 12.3 Å². The molecular weight excluding hydrogens is 336 g/mol. The average Bonchev–Trinajstić information content (AvgIpc) is 2.47. The summed E-state index contributed by atoms with van der Waals surface area (Å²) in [4.78, 5) is 23.5. The number of carbonyl (C=O) groups is 1. The summed E-state index contributed by atoms with van der Waals surface area (Å²) in [5.74, 6) is -0.336.